The number of pyridine rings is 1. The molecule has 1 fully saturated rings. The van der Waals surface area contributed by atoms with E-state index >= 15 is 0 Å². The highest BCUT2D eigenvalue weighted by Crippen LogP contribution is 2.29. The third kappa shape index (κ3) is 2.11. The van der Waals surface area contributed by atoms with Crippen LogP contribution in [0.5, 0.6) is 0 Å². The quantitative estimate of drug-likeness (QED) is 0.881. The molecule has 18 heavy (non-hydrogen) atoms. The van der Waals surface area contributed by atoms with E-state index in [9.17, 15) is 0 Å². The minimum atomic E-state index is -0.0768. The van der Waals surface area contributed by atoms with Crippen molar-refractivity contribution >= 4 is 10.9 Å². The summed E-state index contributed by atoms with van der Waals surface area (Å²) < 4.78 is 5.84. The number of rotatable bonds is 2. The van der Waals surface area contributed by atoms with Crippen molar-refractivity contribution in [3.05, 3.63) is 42.1 Å². The van der Waals surface area contributed by atoms with Gasteiger partial charge in [0.1, 0.15) is 0 Å². The highest BCUT2D eigenvalue weighted by atomic mass is 16.5. The average Bonchev–Trinajstić information content (AvgIpc) is 2.84. The molecule has 3 nitrogen and oxygen atoms in total. The average molecular weight is 242 g/mol. The van der Waals surface area contributed by atoms with Crippen molar-refractivity contribution in [3.63, 3.8) is 0 Å². The number of ether oxygens (including phenoxy) is 1. The van der Waals surface area contributed by atoms with Crippen LogP contribution >= 0.6 is 0 Å². The van der Waals surface area contributed by atoms with Gasteiger partial charge in [-0.3, -0.25) is 4.98 Å². The lowest BCUT2D eigenvalue weighted by Crippen LogP contribution is -2.26. The van der Waals surface area contributed by atoms with E-state index in [0.717, 1.165) is 29.3 Å². The molecule has 0 aliphatic carbocycles. The molecule has 0 radical (unpaired) electrons. The zero-order chi connectivity index (χ0) is 12.5. The van der Waals surface area contributed by atoms with E-state index in [-0.39, 0.29) is 12.1 Å². The van der Waals surface area contributed by atoms with Gasteiger partial charge in [-0.15, -0.1) is 0 Å². The molecule has 2 aromatic rings. The third-order valence-corrected chi connectivity index (χ3v) is 3.66. The molecule has 2 N–H and O–H groups in total. The lowest BCUT2D eigenvalue weighted by Gasteiger charge is -2.19. The van der Waals surface area contributed by atoms with E-state index < -0.39 is 0 Å². The second-order valence-electron chi connectivity index (χ2n) is 5.05. The maximum atomic E-state index is 6.29. The third-order valence-electron chi connectivity index (χ3n) is 3.66. The van der Waals surface area contributed by atoms with Gasteiger partial charge in [-0.1, -0.05) is 18.2 Å². The van der Waals surface area contributed by atoms with Crippen molar-refractivity contribution in [2.75, 3.05) is 0 Å². The maximum Gasteiger partial charge on any atom is 0.0772 e. The van der Waals surface area contributed by atoms with Gasteiger partial charge in [0.15, 0.2) is 0 Å². The Bertz CT molecular complexity index is 555. The minimum Gasteiger partial charge on any atom is -0.373 e. The van der Waals surface area contributed by atoms with Gasteiger partial charge in [0.05, 0.1) is 23.8 Å². The Balaban J connectivity index is 1.89. The number of nitrogens with zero attached hydrogens (tertiary/aromatic N) is 1. The number of fused-ring (bicyclic) bond motifs is 1. The van der Waals surface area contributed by atoms with E-state index in [4.69, 9.17) is 10.5 Å². The van der Waals surface area contributed by atoms with Crippen LogP contribution in [0.1, 0.15) is 31.4 Å². The summed E-state index contributed by atoms with van der Waals surface area (Å²) in [5, 5.41) is 1.14. The van der Waals surface area contributed by atoms with Crippen molar-refractivity contribution in [2.24, 2.45) is 5.73 Å². The predicted molar refractivity (Wildman–Crippen MR) is 72.2 cm³/mol. The molecule has 1 aliphatic rings. The van der Waals surface area contributed by atoms with Gasteiger partial charge in [-0.05, 0) is 37.5 Å². The fourth-order valence-electron chi connectivity index (χ4n) is 2.58. The minimum absolute atomic E-state index is 0.0768. The summed E-state index contributed by atoms with van der Waals surface area (Å²) in [6.07, 6.45) is 4.46. The van der Waals surface area contributed by atoms with Gasteiger partial charge < -0.3 is 10.5 Å². The van der Waals surface area contributed by atoms with Crippen molar-refractivity contribution in [2.45, 2.75) is 38.0 Å². The molecular formula is C15H18N2O. The van der Waals surface area contributed by atoms with E-state index in [1.54, 1.807) is 0 Å². The molecule has 3 unspecified atom stereocenters. The van der Waals surface area contributed by atoms with Crippen LogP contribution in [0.4, 0.5) is 0 Å². The van der Waals surface area contributed by atoms with E-state index in [2.05, 4.69) is 24.0 Å². The number of hydrogen-bond acceptors (Lipinski definition) is 3. The molecule has 0 saturated carbocycles. The Morgan fingerprint density at radius 1 is 1.33 bits per heavy atom. The lowest BCUT2D eigenvalue weighted by atomic mass is 10.0. The molecule has 3 atom stereocenters. The molecule has 1 aromatic heterocycles. The molecule has 3 rings (SSSR count). The number of para-hydroxylation sites is 1. The Morgan fingerprint density at radius 3 is 2.94 bits per heavy atom. The molecule has 1 saturated heterocycles. The number of aromatic nitrogens is 1. The second-order valence-corrected chi connectivity index (χ2v) is 5.05. The van der Waals surface area contributed by atoms with Gasteiger partial charge in [-0.2, -0.15) is 0 Å². The number of benzene rings is 1. The van der Waals surface area contributed by atoms with Crippen LogP contribution < -0.4 is 5.73 Å². The highest BCUT2D eigenvalue weighted by Gasteiger charge is 2.28. The van der Waals surface area contributed by atoms with Crippen LogP contribution in [0.2, 0.25) is 0 Å². The molecule has 2 heterocycles. The van der Waals surface area contributed by atoms with E-state index in [0.29, 0.717) is 6.10 Å². The summed E-state index contributed by atoms with van der Waals surface area (Å²) in [6.45, 7) is 2.10. The standard InChI is InChI=1S/C15H18N2O/c1-10-6-7-14(18-10)15(16)12-8-11-4-2-3-5-13(11)17-9-12/h2-5,8-10,14-15H,6-7,16H2,1H3. The van der Waals surface area contributed by atoms with Crippen LogP contribution in [0.3, 0.4) is 0 Å². The van der Waals surface area contributed by atoms with Crippen LogP contribution in [0.15, 0.2) is 36.5 Å². The Labute approximate surface area is 107 Å². The smallest absolute Gasteiger partial charge is 0.0772 e. The van der Waals surface area contributed by atoms with E-state index in [1.165, 1.54) is 0 Å². The van der Waals surface area contributed by atoms with Gasteiger partial charge >= 0.3 is 0 Å². The zero-order valence-electron chi connectivity index (χ0n) is 10.5. The number of nitrogens with two attached hydrogens (primary N) is 1. The molecule has 94 valence electrons. The number of hydrogen-bond donors (Lipinski definition) is 1. The second kappa shape index (κ2) is 4.67. The van der Waals surface area contributed by atoms with Crippen molar-refractivity contribution in [1.82, 2.24) is 4.98 Å². The summed E-state index contributed by atoms with van der Waals surface area (Å²) in [6, 6.07) is 10.1. The summed E-state index contributed by atoms with van der Waals surface area (Å²) in [5.74, 6) is 0. The molecular weight excluding hydrogens is 224 g/mol. The Morgan fingerprint density at radius 2 is 2.17 bits per heavy atom. The van der Waals surface area contributed by atoms with Crippen molar-refractivity contribution in [1.29, 1.82) is 0 Å². The first-order valence-corrected chi connectivity index (χ1v) is 6.50. The summed E-state index contributed by atoms with van der Waals surface area (Å²) >= 11 is 0. The van der Waals surface area contributed by atoms with Crippen LogP contribution in [0.25, 0.3) is 10.9 Å². The molecule has 0 bridgehead atoms. The fourth-order valence-corrected chi connectivity index (χ4v) is 2.58. The fraction of sp³-hybridized carbons (Fsp3) is 0.400. The first kappa shape index (κ1) is 11.6. The van der Waals surface area contributed by atoms with Gasteiger partial charge in [0, 0.05) is 11.6 Å². The van der Waals surface area contributed by atoms with Crippen LogP contribution in [-0.4, -0.2) is 17.2 Å². The van der Waals surface area contributed by atoms with Gasteiger partial charge in [0.25, 0.3) is 0 Å². The lowest BCUT2D eigenvalue weighted by molar-refractivity contribution is 0.0401. The van der Waals surface area contributed by atoms with Crippen molar-refractivity contribution in [3.8, 4) is 0 Å². The topological polar surface area (TPSA) is 48.1 Å². The predicted octanol–water partition coefficient (Wildman–Crippen LogP) is 2.80. The molecule has 1 aliphatic heterocycles. The maximum absolute atomic E-state index is 6.29. The summed E-state index contributed by atoms with van der Waals surface area (Å²) in [5.41, 5.74) is 8.36. The van der Waals surface area contributed by atoms with Gasteiger partial charge in [0.2, 0.25) is 0 Å². The monoisotopic (exact) mass is 242 g/mol. The van der Waals surface area contributed by atoms with Gasteiger partial charge in [-0.25, -0.2) is 0 Å². The molecule has 3 heteroatoms. The van der Waals surface area contributed by atoms with Crippen LogP contribution in [0, 0.1) is 0 Å². The molecule has 0 spiro atoms. The Hall–Kier alpha value is -1.45. The van der Waals surface area contributed by atoms with Crippen molar-refractivity contribution < 1.29 is 4.74 Å². The highest BCUT2D eigenvalue weighted by molar-refractivity contribution is 5.78. The molecule has 0 amide bonds. The Kier molecular flexibility index (Phi) is 3.02. The first-order chi connectivity index (χ1) is 8.74. The largest absolute Gasteiger partial charge is 0.373 e. The molecule has 1 aromatic carbocycles. The summed E-state index contributed by atoms with van der Waals surface area (Å²) in [4.78, 5) is 4.46. The first-order valence-electron chi connectivity index (χ1n) is 6.50. The van der Waals surface area contributed by atoms with Crippen LogP contribution in [-0.2, 0) is 4.74 Å². The zero-order valence-corrected chi connectivity index (χ0v) is 10.5. The summed E-state index contributed by atoms with van der Waals surface area (Å²) in [7, 11) is 0. The normalized spacial score (nSPS) is 25.4. The van der Waals surface area contributed by atoms with E-state index in [1.807, 2.05) is 24.4 Å². The SMILES string of the molecule is CC1CCC(C(N)c2cnc3ccccc3c2)O1.